The van der Waals surface area contributed by atoms with Crippen molar-refractivity contribution in [2.45, 2.75) is 0 Å². The fraction of sp³-hybridized carbons (Fsp3) is 0.429. The third-order valence-electron chi connectivity index (χ3n) is 1.63. The first kappa shape index (κ1) is 25.9. The zero-order chi connectivity index (χ0) is 13.8. The maximum Gasteiger partial charge on any atom is 1.00 e. The number of rotatable bonds is 2. The van der Waals surface area contributed by atoms with E-state index in [1.807, 2.05) is 0 Å². The number of anilines is 1. The number of aromatic nitrogens is 2. The Kier molecular flexibility index (Phi) is 15.7. The monoisotopic (exact) mass is 405 g/mol. The maximum atomic E-state index is 11.1. The summed E-state index contributed by atoms with van der Waals surface area (Å²) in [6, 6.07) is 1.64. The Hall–Kier alpha value is 1.98. The van der Waals surface area contributed by atoms with Gasteiger partial charge in [0.05, 0.1) is 6.26 Å². The van der Waals surface area contributed by atoms with Crippen molar-refractivity contribution in [3.05, 3.63) is 10.7 Å². The van der Waals surface area contributed by atoms with Crippen molar-refractivity contribution >= 4 is 37.9 Å². The first-order valence-corrected chi connectivity index (χ1v) is 6.71. The van der Waals surface area contributed by atoms with Crippen LogP contribution in [-0.4, -0.2) is 37.7 Å². The molecule has 0 bridgehead atoms. The van der Waals surface area contributed by atoms with Gasteiger partial charge >= 0.3 is 103 Å². The molecule has 8 nitrogen and oxygen atoms in total. The molecule has 1 rings (SSSR count). The van der Waals surface area contributed by atoms with Crippen molar-refractivity contribution in [3.8, 4) is 0 Å². The van der Waals surface area contributed by atoms with Crippen LogP contribution in [0.25, 0.3) is 0 Å². The Labute approximate surface area is 204 Å². The standard InChI is InChI=1S/C6H10BrN3O2S.CH2O3.2K/c1-9-5(7)4-6(8-9)10(2)13(3,11)12;2-1(3)4;;/h4H,1-3H3;(H2,2,3,4);;/q;;2*+1/p-2. The molecule has 0 saturated heterocycles. The summed E-state index contributed by atoms with van der Waals surface area (Å²) in [7, 11) is -0.0343. The molecule has 19 heavy (non-hydrogen) atoms. The van der Waals surface area contributed by atoms with E-state index >= 15 is 0 Å². The Morgan fingerprint density at radius 1 is 1.42 bits per heavy atom. The normalized spacial score (nSPS) is 9.26. The third-order valence-corrected chi connectivity index (χ3v) is 3.55. The molecule has 0 atom stereocenters. The number of aryl methyl sites for hydroxylation is 1. The van der Waals surface area contributed by atoms with E-state index in [0.717, 1.165) is 15.2 Å². The SMILES string of the molecule is CN(c1cc(Br)n(C)n1)S(C)(=O)=O.O=C([O-])[O-].[K+].[K+]. The molecule has 0 aliphatic rings. The van der Waals surface area contributed by atoms with Gasteiger partial charge in [-0.25, -0.2) is 8.42 Å². The Morgan fingerprint density at radius 3 is 2.00 bits per heavy atom. The summed E-state index contributed by atoms with van der Waals surface area (Å²) < 4.78 is 25.6. The van der Waals surface area contributed by atoms with Gasteiger partial charge in [0.1, 0.15) is 4.60 Å². The zero-order valence-corrected chi connectivity index (χ0v) is 19.9. The Morgan fingerprint density at radius 2 is 1.79 bits per heavy atom. The van der Waals surface area contributed by atoms with Crippen LogP contribution in [0.2, 0.25) is 0 Å². The van der Waals surface area contributed by atoms with Crippen LogP contribution < -0.4 is 117 Å². The van der Waals surface area contributed by atoms with Gasteiger partial charge in [0.2, 0.25) is 10.0 Å². The molecule has 0 fully saturated rings. The van der Waals surface area contributed by atoms with Gasteiger partial charge in [-0.05, 0) is 22.1 Å². The summed E-state index contributed by atoms with van der Waals surface area (Å²) in [5.74, 6) is 0.400. The Bertz CT molecular complexity index is 483. The minimum atomic E-state index is -3.22. The number of nitrogens with zero attached hydrogens (tertiary/aromatic N) is 3. The first-order valence-electron chi connectivity index (χ1n) is 4.07. The smallest absolute Gasteiger partial charge is 0.652 e. The van der Waals surface area contributed by atoms with Crippen molar-refractivity contribution < 1.29 is 126 Å². The molecule has 0 aliphatic heterocycles. The van der Waals surface area contributed by atoms with Crippen molar-refractivity contribution in [1.29, 1.82) is 0 Å². The van der Waals surface area contributed by atoms with Crippen molar-refractivity contribution in [1.82, 2.24) is 9.78 Å². The predicted molar refractivity (Wildman–Crippen MR) is 59.6 cm³/mol. The molecule has 0 saturated carbocycles. The van der Waals surface area contributed by atoms with Gasteiger partial charge in [-0.3, -0.25) is 8.99 Å². The fourth-order valence-corrected chi connectivity index (χ4v) is 1.47. The number of carbonyl (C=O) groups excluding carboxylic acids is 1. The largest absolute Gasteiger partial charge is 1.00 e. The molecule has 0 spiro atoms. The van der Waals surface area contributed by atoms with E-state index in [-0.39, 0.29) is 103 Å². The molecule has 98 valence electrons. The molecule has 0 radical (unpaired) electrons. The van der Waals surface area contributed by atoms with Gasteiger partial charge in [0.15, 0.2) is 5.82 Å². The molecule has 0 amide bonds. The third kappa shape index (κ3) is 11.2. The van der Waals surface area contributed by atoms with E-state index in [9.17, 15) is 8.42 Å². The maximum absolute atomic E-state index is 11.1. The van der Waals surface area contributed by atoms with Gasteiger partial charge in [-0.1, -0.05) is 0 Å². The second kappa shape index (κ2) is 11.5. The predicted octanol–water partition coefficient (Wildman–Crippen LogP) is -7.86. The molecule has 0 aromatic carbocycles. The number of hydrogen-bond donors (Lipinski definition) is 0. The minimum absolute atomic E-state index is 0. The van der Waals surface area contributed by atoms with E-state index in [4.69, 9.17) is 15.0 Å². The molecule has 1 heterocycles. The van der Waals surface area contributed by atoms with Crippen LogP contribution in [0, 0.1) is 0 Å². The summed E-state index contributed by atoms with van der Waals surface area (Å²) in [5.41, 5.74) is 0. The summed E-state index contributed by atoms with van der Waals surface area (Å²) in [6.07, 6.45) is -1.20. The Balaban J connectivity index is -0.000000379. The van der Waals surface area contributed by atoms with Gasteiger partial charge in [-0.15, -0.1) is 0 Å². The number of hydrogen-bond acceptors (Lipinski definition) is 6. The second-order valence-corrected chi connectivity index (χ2v) is 5.76. The molecule has 0 aliphatic carbocycles. The number of sulfonamides is 1. The minimum Gasteiger partial charge on any atom is -0.652 e. The van der Waals surface area contributed by atoms with E-state index in [1.165, 1.54) is 7.05 Å². The number of carbonyl (C=O) groups is 1. The molecular formula is C7H10BrK2N3O5S. The topological polar surface area (TPSA) is 118 Å². The number of carboxylic acid groups (broad SMARTS) is 2. The van der Waals surface area contributed by atoms with Crippen molar-refractivity contribution in [2.24, 2.45) is 7.05 Å². The summed E-state index contributed by atoms with van der Waals surface area (Å²) >= 11 is 3.23. The molecular weight excluding hydrogens is 396 g/mol. The van der Waals surface area contributed by atoms with E-state index in [1.54, 1.807) is 17.8 Å². The molecule has 1 aromatic rings. The summed E-state index contributed by atoms with van der Waals surface area (Å²) in [5, 5.41) is 20.7. The van der Waals surface area contributed by atoms with Crippen LogP contribution in [0.15, 0.2) is 10.7 Å². The van der Waals surface area contributed by atoms with Crippen molar-refractivity contribution in [3.63, 3.8) is 0 Å². The van der Waals surface area contributed by atoms with Gasteiger partial charge in [0, 0.05) is 20.2 Å². The van der Waals surface area contributed by atoms with Gasteiger partial charge in [-0.2, -0.15) is 5.10 Å². The molecule has 0 unspecified atom stereocenters. The van der Waals surface area contributed by atoms with Crippen LogP contribution in [0.4, 0.5) is 10.6 Å². The summed E-state index contributed by atoms with van der Waals surface area (Å²) in [4.78, 5) is 8.33. The van der Waals surface area contributed by atoms with Gasteiger partial charge < -0.3 is 15.0 Å². The fourth-order valence-electron chi connectivity index (χ4n) is 0.754. The zero-order valence-electron chi connectivity index (χ0n) is 11.2. The quantitative estimate of drug-likeness (QED) is 0.450. The first-order chi connectivity index (χ1) is 7.55. The van der Waals surface area contributed by atoms with Gasteiger partial charge in [0.25, 0.3) is 0 Å². The summed E-state index contributed by atoms with van der Waals surface area (Å²) in [6.45, 7) is 0. The average Bonchev–Trinajstić information content (AvgIpc) is 2.43. The van der Waals surface area contributed by atoms with Crippen LogP contribution in [0.3, 0.4) is 0 Å². The van der Waals surface area contributed by atoms with E-state index in [0.29, 0.717) is 5.82 Å². The van der Waals surface area contributed by atoms with Crippen LogP contribution in [0.5, 0.6) is 0 Å². The molecule has 0 N–H and O–H groups in total. The number of halogens is 1. The van der Waals surface area contributed by atoms with Crippen LogP contribution in [-0.2, 0) is 17.1 Å². The van der Waals surface area contributed by atoms with E-state index < -0.39 is 16.2 Å². The van der Waals surface area contributed by atoms with Crippen molar-refractivity contribution in [2.75, 3.05) is 17.6 Å². The average molecular weight is 406 g/mol. The second-order valence-electron chi connectivity index (χ2n) is 2.93. The molecule has 12 heteroatoms. The van der Waals surface area contributed by atoms with Crippen LogP contribution >= 0.6 is 15.9 Å². The molecule has 1 aromatic heterocycles. The van der Waals surface area contributed by atoms with Crippen LogP contribution in [0.1, 0.15) is 0 Å². The van der Waals surface area contributed by atoms with E-state index in [2.05, 4.69) is 21.0 Å².